The third-order valence-electron chi connectivity index (χ3n) is 2.77. The van der Waals surface area contributed by atoms with E-state index in [1.54, 1.807) is 13.8 Å². The Balaban J connectivity index is 5.03. The van der Waals surface area contributed by atoms with Gasteiger partial charge in [0.05, 0.1) is 6.61 Å². The van der Waals surface area contributed by atoms with Crippen molar-refractivity contribution in [1.82, 2.24) is 5.32 Å². The quantitative estimate of drug-likeness (QED) is 0.513. The molecule has 25 heavy (non-hydrogen) atoms. The predicted molar refractivity (Wildman–Crippen MR) is 70.3 cm³/mol. The summed E-state index contributed by atoms with van der Waals surface area (Å²) in [5.74, 6) is -13.9. The van der Waals surface area contributed by atoms with Crippen LogP contribution in [-0.4, -0.2) is 49.3 Å². The van der Waals surface area contributed by atoms with Crippen LogP contribution in [0.1, 0.15) is 27.2 Å². The molecule has 0 aromatic rings. The molecule has 0 rings (SSSR count). The minimum atomic E-state index is -6.52. The van der Waals surface area contributed by atoms with Crippen molar-refractivity contribution in [2.24, 2.45) is 5.92 Å². The van der Waals surface area contributed by atoms with Gasteiger partial charge < -0.3 is 14.8 Å². The molecule has 0 fully saturated rings. The molecule has 0 spiro atoms. The first-order valence-electron chi connectivity index (χ1n) is 7.08. The summed E-state index contributed by atoms with van der Waals surface area (Å²) >= 11 is 0. The van der Waals surface area contributed by atoms with E-state index in [0.29, 0.717) is 0 Å². The molecule has 0 aromatic carbocycles. The number of amides is 1. The monoisotopic (exact) mass is 385 g/mol. The average Bonchev–Trinajstić information content (AvgIpc) is 2.42. The number of hydrogen-bond donors (Lipinski definition) is 1. The number of halogens is 7. The van der Waals surface area contributed by atoms with E-state index < -0.39 is 42.7 Å². The summed E-state index contributed by atoms with van der Waals surface area (Å²) in [6.07, 6.45) is -7.76. The Kier molecular flexibility index (Phi) is 7.97. The third kappa shape index (κ3) is 6.58. The second kappa shape index (κ2) is 8.56. The van der Waals surface area contributed by atoms with E-state index in [1.807, 2.05) is 5.32 Å². The number of ether oxygens (including phenoxy) is 2. The second-order valence-electron chi connectivity index (χ2n) is 5.43. The van der Waals surface area contributed by atoms with Crippen LogP contribution in [0.3, 0.4) is 0 Å². The van der Waals surface area contributed by atoms with Gasteiger partial charge in [-0.15, -0.1) is 0 Å². The molecule has 0 radical (unpaired) electrons. The standard InChI is InChI=1S/C13H18F7NO4/c1-4-24-10(23)21-8(5-7(2)3)9(22)25-6-11(14,15)12(16,17)13(18,19)20/h7-8H,4-6H2,1-3H3,(H,21,23)/t8-/m0/s1. The molecule has 0 aromatic heterocycles. The van der Waals surface area contributed by atoms with Gasteiger partial charge in [-0.1, -0.05) is 13.8 Å². The predicted octanol–water partition coefficient (Wildman–Crippen LogP) is 3.52. The number of alkyl halides is 7. The van der Waals surface area contributed by atoms with Crippen LogP contribution in [0.2, 0.25) is 0 Å². The lowest BCUT2D eigenvalue weighted by atomic mass is 10.0. The normalized spacial score (nSPS) is 14.2. The molecule has 0 aliphatic heterocycles. The number of rotatable bonds is 8. The summed E-state index contributed by atoms with van der Waals surface area (Å²) in [4.78, 5) is 23.0. The summed E-state index contributed by atoms with van der Waals surface area (Å²) in [6, 6.07) is -1.55. The van der Waals surface area contributed by atoms with Gasteiger partial charge in [-0.05, 0) is 19.3 Å². The van der Waals surface area contributed by atoms with Gasteiger partial charge in [0.2, 0.25) is 0 Å². The highest BCUT2D eigenvalue weighted by atomic mass is 19.4. The lowest BCUT2D eigenvalue weighted by molar-refractivity contribution is -0.359. The maximum atomic E-state index is 13.1. The van der Waals surface area contributed by atoms with Crippen molar-refractivity contribution in [1.29, 1.82) is 0 Å². The van der Waals surface area contributed by atoms with Gasteiger partial charge in [-0.25, -0.2) is 9.59 Å². The highest BCUT2D eigenvalue weighted by molar-refractivity contribution is 5.81. The van der Waals surface area contributed by atoms with Gasteiger partial charge >= 0.3 is 30.1 Å². The molecule has 1 atom stereocenters. The Bertz CT molecular complexity index is 466. The molecular weight excluding hydrogens is 367 g/mol. The van der Waals surface area contributed by atoms with Gasteiger partial charge in [0.15, 0.2) is 6.61 Å². The van der Waals surface area contributed by atoms with Crippen molar-refractivity contribution in [3.8, 4) is 0 Å². The van der Waals surface area contributed by atoms with Crippen LogP contribution in [0, 0.1) is 5.92 Å². The first-order valence-corrected chi connectivity index (χ1v) is 7.08. The molecule has 0 aliphatic carbocycles. The van der Waals surface area contributed by atoms with Gasteiger partial charge in [-0.3, -0.25) is 0 Å². The van der Waals surface area contributed by atoms with E-state index in [1.165, 1.54) is 6.92 Å². The van der Waals surface area contributed by atoms with Gasteiger partial charge in [0, 0.05) is 0 Å². The summed E-state index contributed by atoms with van der Waals surface area (Å²) in [6.45, 7) is 2.02. The van der Waals surface area contributed by atoms with E-state index in [-0.39, 0.29) is 18.9 Å². The number of carbonyl (C=O) groups excluding carboxylic acids is 2. The highest BCUT2D eigenvalue weighted by Gasteiger charge is 2.73. The first kappa shape index (κ1) is 23.2. The van der Waals surface area contributed by atoms with Crippen molar-refractivity contribution in [3.63, 3.8) is 0 Å². The highest BCUT2D eigenvalue weighted by Crippen LogP contribution is 2.46. The molecule has 0 saturated heterocycles. The minimum absolute atomic E-state index is 0.0782. The molecule has 1 amide bonds. The zero-order chi connectivity index (χ0) is 20.1. The number of carbonyl (C=O) groups is 2. The topological polar surface area (TPSA) is 64.6 Å². The number of esters is 1. The average molecular weight is 385 g/mol. The summed E-state index contributed by atoms with van der Waals surface area (Å²) in [5, 5.41) is 1.96. The van der Waals surface area contributed by atoms with Crippen LogP contribution in [-0.2, 0) is 14.3 Å². The fourth-order valence-electron chi connectivity index (χ4n) is 1.56. The SMILES string of the molecule is CCOC(=O)N[C@@H](CC(C)C)C(=O)OCC(F)(F)C(F)(F)C(F)(F)F. The van der Waals surface area contributed by atoms with Crippen molar-refractivity contribution >= 4 is 12.1 Å². The van der Waals surface area contributed by atoms with Crippen LogP contribution in [0.4, 0.5) is 35.5 Å². The lowest BCUT2D eigenvalue weighted by Gasteiger charge is -2.28. The van der Waals surface area contributed by atoms with Crippen LogP contribution in [0.5, 0.6) is 0 Å². The van der Waals surface area contributed by atoms with E-state index >= 15 is 0 Å². The van der Waals surface area contributed by atoms with E-state index in [2.05, 4.69) is 9.47 Å². The van der Waals surface area contributed by atoms with Crippen LogP contribution >= 0.6 is 0 Å². The molecule has 0 aliphatic rings. The molecule has 12 heteroatoms. The Labute approximate surface area is 138 Å². The first-order chi connectivity index (χ1) is 11.2. The molecule has 148 valence electrons. The fourth-order valence-corrected chi connectivity index (χ4v) is 1.56. The van der Waals surface area contributed by atoms with Gasteiger partial charge in [-0.2, -0.15) is 30.7 Å². The molecule has 1 N–H and O–H groups in total. The lowest BCUT2D eigenvalue weighted by Crippen LogP contribution is -2.55. The molecule has 0 heterocycles. The molecular formula is C13H18F7NO4. The molecule has 0 bridgehead atoms. The molecule has 5 nitrogen and oxygen atoms in total. The summed E-state index contributed by atoms with van der Waals surface area (Å²) < 4.78 is 96.0. The van der Waals surface area contributed by atoms with Crippen LogP contribution in [0.15, 0.2) is 0 Å². The summed E-state index contributed by atoms with van der Waals surface area (Å²) in [5.41, 5.74) is 0. The Hall–Kier alpha value is -1.75. The van der Waals surface area contributed by atoms with E-state index in [4.69, 9.17) is 0 Å². The number of alkyl carbamates (subject to hydrolysis) is 1. The second-order valence-corrected chi connectivity index (χ2v) is 5.43. The Morgan fingerprint density at radius 1 is 1.00 bits per heavy atom. The van der Waals surface area contributed by atoms with Crippen LogP contribution < -0.4 is 5.32 Å². The van der Waals surface area contributed by atoms with Gasteiger partial charge in [0.25, 0.3) is 0 Å². The third-order valence-corrected chi connectivity index (χ3v) is 2.77. The maximum absolute atomic E-state index is 13.1. The minimum Gasteiger partial charge on any atom is -0.457 e. The largest absolute Gasteiger partial charge is 0.460 e. The van der Waals surface area contributed by atoms with Crippen molar-refractivity contribution in [3.05, 3.63) is 0 Å². The summed E-state index contributed by atoms with van der Waals surface area (Å²) in [7, 11) is 0. The Morgan fingerprint density at radius 3 is 1.92 bits per heavy atom. The fraction of sp³-hybridized carbons (Fsp3) is 0.846. The van der Waals surface area contributed by atoms with E-state index in [9.17, 15) is 40.3 Å². The van der Waals surface area contributed by atoms with Crippen molar-refractivity contribution < 1.29 is 49.8 Å². The zero-order valence-electron chi connectivity index (χ0n) is 13.6. The van der Waals surface area contributed by atoms with Gasteiger partial charge in [0.1, 0.15) is 6.04 Å². The molecule has 0 saturated carbocycles. The number of nitrogens with one attached hydrogen (secondary N) is 1. The van der Waals surface area contributed by atoms with Crippen molar-refractivity contribution in [2.45, 2.75) is 51.3 Å². The smallest absolute Gasteiger partial charge is 0.457 e. The van der Waals surface area contributed by atoms with Crippen LogP contribution in [0.25, 0.3) is 0 Å². The zero-order valence-corrected chi connectivity index (χ0v) is 13.6. The number of hydrogen-bond acceptors (Lipinski definition) is 4. The van der Waals surface area contributed by atoms with Crippen molar-refractivity contribution in [2.75, 3.05) is 13.2 Å². The Morgan fingerprint density at radius 2 is 1.52 bits per heavy atom. The molecule has 0 unspecified atom stereocenters. The maximum Gasteiger partial charge on any atom is 0.460 e. The van der Waals surface area contributed by atoms with E-state index in [0.717, 1.165) is 0 Å².